The molecule has 1 fully saturated rings. The van der Waals surface area contributed by atoms with Gasteiger partial charge in [-0.05, 0) is 17.6 Å². The minimum absolute atomic E-state index is 0.0313. The Morgan fingerprint density at radius 3 is 2.65 bits per heavy atom. The Kier molecular flexibility index (Phi) is 5.41. The van der Waals surface area contributed by atoms with Crippen molar-refractivity contribution in [2.24, 2.45) is 17.3 Å². The zero-order chi connectivity index (χ0) is 18.8. The van der Waals surface area contributed by atoms with Gasteiger partial charge in [0.25, 0.3) is 5.92 Å². The van der Waals surface area contributed by atoms with Gasteiger partial charge in [-0.3, -0.25) is 4.79 Å². The number of carbonyl (C=O) groups is 1. The fourth-order valence-corrected chi connectivity index (χ4v) is 3.96. The number of ether oxygens (including phenoxy) is 2. The Morgan fingerprint density at radius 2 is 2.04 bits per heavy atom. The number of rotatable bonds is 6. The first-order valence-electron chi connectivity index (χ1n) is 8.54. The Bertz CT molecular complexity index is 663. The summed E-state index contributed by atoms with van der Waals surface area (Å²) in [7, 11) is 0. The molecule has 1 heterocycles. The van der Waals surface area contributed by atoms with E-state index in [0.717, 1.165) is 11.6 Å². The van der Waals surface area contributed by atoms with Gasteiger partial charge in [-0.25, -0.2) is 8.78 Å². The molecule has 1 aromatic carbocycles. The second kappa shape index (κ2) is 7.42. The van der Waals surface area contributed by atoms with E-state index < -0.39 is 41.9 Å². The van der Waals surface area contributed by atoms with Crippen molar-refractivity contribution in [2.45, 2.75) is 31.7 Å². The van der Waals surface area contributed by atoms with Gasteiger partial charge in [0, 0.05) is 18.3 Å². The van der Waals surface area contributed by atoms with Crippen LogP contribution in [0.3, 0.4) is 0 Å². The van der Waals surface area contributed by atoms with E-state index in [1.165, 1.54) is 0 Å². The van der Waals surface area contributed by atoms with Gasteiger partial charge in [0.05, 0.1) is 25.7 Å². The van der Waals surface area contributed by atoms with Crippen LogP contribution in [0.25, 0.3) is 0 Å². The lowest BCUT2D eigenvalue weighted by molar-refractivity contribution is -0.157. The van der Waals surface area contributed by atoms with Crippen molar-refractivity contribution in [3.8, 4) is 0 Å². The van der Waals surface area contributed by atoms with E-state index in [1.54, 1.807) is 0 Å². The number of aliphatic hydroxyl groups is 1. The smallest absolute Gasteiger partial charge is 0.311 e. The summed E-state index contributed by atoms with van der Waals surface area (Å²) < 4.78 is 39.3. The van der Waals surface area contributed by atoms with Crippen LogP contribution < -0.4 is 0 Å². The molecule has 0 spiro atoms. The van der Waals surface area contributed by atoms with Crippen LogP contribution in [0, 0.1) is 17.3 Å². The van der Waals surface area contributed by atoms with Gasteiger partial charge in [-0.15, -0.1) is 0 Å². The molecule has 4 atom stereocenters. The molecule has 0 saturated carbocycles. The molecule has 1 saturated heterocycles. The number of aliphatic carboxylic acids is 1. The number of benzene rings is 1. The number of aliphatic hydroxyl groups excluding tert-OH is 1. The van der Waals surface area contributed by atoms with Crippen molar-refractivity contribution in [2.75, 3.05) is 13.2 Å². The Hall–Kier alpha value is -1.83. The van der Waals surface area contributed by atoms with E-state index in [9.17, 15) is 23.8 Å². The largest absolute Gasteiger partial charge is 0.481 e. The van der Waals surface area contributed by atoms with E-state index in [1.807, 2.05) is 30.3 Å². The first-order chi connectivity index (χ1) is 12.3. The van der Waals surface area contributed by atoms with E-state index in [4.69, 9.17) is 9.47 Å². The lowest BCUT2D eigenvalue weighted by Crippen LogP contribution is -2.50. The molecule has 0 bridgehead atoms. The second-order valence-corrected chi connectivity index (χ2v) is 7.05. The zero-order valence-corrected chi connectivity index (χ0v) is 14.2. The minimum Gasteiger partial charge on any atom is -0.481 e. The third kappa shape index (κ3) is 3.95. The van der Waals surface area contributed by atoms with Gasteiger partial charge in [-0.2, -0.15) is 0 Å². The number of hydrogen-bond acceptors (Lipinski definition) is 4. The fraction of sp³-hybridized carbons (Fsp3) is 0.526. The zero-order valence-electron chi connectivity index (χ0n) is 14.2. The van der Waals surface area contributed by atoms with Crippen molar-refractivity contribution < 1.29 is 33.3 Å². The molecule has 2 N–H and O–H groups in total. The molecule has 7 heteroatoms. The topological polar surface area (TPSA) is 76.0 Å². The molecular formula is C19H22F2O5. The van der Waals surface area contributed by atoms with Crippen molar-refractivity contribution in [1.82, 2.24) is 0 Å². The number of carboxylic acid groups (broad SMARTS) is 1. The maximum absolute atomic E-state index is 14.2. The van der Waals surface area contributed by atoms with Crippen molar-refractivity contribution >= 4 is 5.97 Å². The predicted molar refractivity (Wildman–Crippen MR) is 88.4 cm³/mol. The van der Waals surface area contributed by atoms with E-state index in [2.05, 4.69) is 0 Å². The molecular weight excluding hydrogens is 346 g/mol. The van der Waals surface area contributed by atoms with Crippen LogP contribution in [0.2, 0.25) is 0 Å². The molecule has 2 aliphatic rings. The quantitative estimate of drug-likeness (QED) is 0.755. The average Bonchev–Trinajstić information content (AvgIpc) is 3.02. The van der Waals surface area contributed by atoms with Crippen molar-refractivity contribution in [3.05, 3.63) is 48.0 Å². The van der Waals surface area contributed by atoms with Crippen LogP contribution >= 0.6 is 0 Å². The fourth-order valence-electron chi connectivity index (χ4n) is 3.96. The van der Waals surface area contributed by atoms with E-state index >= 15 is 0 Å². The van der Waals surface area contributed by atoms with Crippen molar-refractivity contribution in [1.29, 1.82) is 0 Å². The summed E-state index contributed by atoms with van der Waals surface area (Å²) in [6, 6.07) is 9.23. The van der Waals surface area contributed by atoms with Crippen LogP contribution in [0.15, 0.2) is 42.5 Å². The summed E-state index contributed by atoms with van der Waals surface area (Å²) in [5.74, 6) is -5.97. The van der Waals surface area contributed by atoms with Gasteiger partial charge in [0.2, 0.25) is 0 Å². The summed E-state index contributed by atoms with van der Waals surface area (Å²) >= 11 is 0. The Balaban J connectivity index is 1.85. The van der Waals surface area contributed by atoms with E-state index in [-0.39, 0.29) is 26.2 Å². The molecule has 142 valence electrons. The summed E-state index contributed by atoms with van der Waals surface area (Å²) in [4.78, 5) is 11.8. The Morgan fingerprint density at radius 1 is 1.31 bits per heavy atom. The standard InChI is InChI=1S/C19H22F2O5/c20-19(21)7-6-15(17(23)24)18(11-19,14-8-16(22)26-10-14)12-25-9-13-4-2-1-3-5-13/h1-7,14-16,22H,8-12H2,(H,23,24)/t14-,15?,16?,18+/m0/s1. The number of carboxylic acids is 1. The molecule has 3 rings (SSSR count). The maximum Gasteiger partial charge on any atom is 0.311 e. The predicted octanol–water partition coefficient (Wildman–Crippen LogP) is 2.84. The van der Waals surface area contributed by atoms with Crippen LogP contribution in [0.5, 0.6) is 0 Å². The molecule has 2 unspecified atom stereocenters. The van der Waals surface area contributed by atoms with Gasteiger partial charge in [0.15, 0.2) is 6.29 Å². The first kappa shape index (κ1) is 18.9. The Labute approximate surface area is 150 Å². The monoisotopic (exact) mass is 368 g/mol. The number of halogens is 2. The minimum atomic E-state index is -3.13. The highest BCUT2D eigenvalue weighted by Crippen LogP contribution is 2.52. The second-order valence-electron chi connectivity index (χ2n) is 7.05. The molecule has 0 aromatic heterocycles. The lowest BCUT2D eigenvalue weighted by atomic mass is 9.61. The normalized spacial score (nSPS) is 33.3. The first-order valence-corrected chi connectivity index (χ1v) is 8.54. The van der Waals surface area contributed by atoms with Crippen LogP contribution in [-0.2, 0) is 20.9 Å². The van der Waals surface area contributed by atoms with Crippen LogP contribution in [0.4, 0.5) is 8.78 Å². The van der Waals surface area contributed by atoms with Gasteiger partial charge in [0.1, 0.15) is 0 Å². The molecule has 1 aliphatic carbocycles. The third-order valence-electron chi connectivity index (χ3n) is 5.25. The van der Waals surface area contributed by atoms with Crippen molar-refractivity contribution in [3.63, 3.8) is 0 Å². The molecule has 0 amide bonds. The molecule has 1 aromatic rings. The van der Waals surface area contributed by atoms with Crippen LogP contribution in [0.1, 0.15) is 18.4 Å². The lowest BCUT2D eigenvalue weighted by Gasteiger charge is -2.45. The highest BCUT2D eigenvalue weighted by atomic mass is 19.3. The maximum atomic E-state index is 14.2. The summed E-state index contributed by atoms with van der Waals surface area (Å²) in [6.45, 7) is 0.0729. The van der Waals surface area contributed by atoms with Gasteiger partial charge < -0.3 is 19.7 Å². The highest BCUT2D eigenvalue weighted by Gasteiger charge is 2.57. The number of alkyl halides is 2. The third-order valence-corrected chi connectivity index (χ3v) is 5.25. The SMILES string of the molecule is O=C(O)C1C=CC(F)(F)C[C@@]1(COCc1ccccc1)[C@@H]1COC(O)C1. The molecule has 1 aliphatic heterocycles. The van der Waals surface area contributed by atoms with Crippen LogP contribution in [-0.4, -0.2) is 41.6 Å². The van der Waals surface area contributed by atoms with Gasteiger partial charge in [-0.1, -0.05) is 36.4 Å². The average molecular weight is 368 g/mol. The molecule has 26 heavy (non-hydrogen) atoms. The highest BCUT2D eigenvalue weighted by molar-refractivity contribution is 5.74. The van der Waals surface area contributed by atoms with E-state index in [0.29, 0.717) is 6.08 Å². The van der Waals surface area contributed by atoms with Gasteiger partial charge >= 0.3 is 5.97 Å². The number of hydrogen-bond donors (Lipinski definition) is 2. The summed E-state index contributed by atoms with van der Waals surface area (Å²) in [5, 5.41) is 19.3. The molecule has 5 nitrogen and oxygen atoms in total. The molecule has 0 radical (unpaired) electrons. The number of allylic oxidation sites excluding steroid dienone is 1. The summed E-state index contributed by atoms with van der Waals surface area (Å²) in [6.07, 6.45) is 0.112. The summed E-state index contributed by atoms with van der Waals surface area (Å²) in [5.41, 5.74) is -0.480.